The van der Waals surface area contributed by atoms with Crippen molar-refractivity contribution in [1.82, 2.24) is 15.2 Å². The zero-order valence-corrected chi connectivity index (χ0v) is 12.2. The molecule has 1 unspecified atom stereocenters. The second-order valence-electron chi connectivity index (χ2n) is 5.13. The van der Waals surface area contributed by atoms with E-state index in [9.17, 15) is 0 Å². The van der Waals surface area contributed by atoms with Crippen LogP contribution in [0, 0.1) is 6.92 Å². The van der Waals surface area contributed by atoms with Crippen molar-refractivity contribution < 1.29 is 4.42 Å². The highest BCUT2D eigenvalue weighted by atomic mass is 32.1. The van der Waals surface area contributed by atoms with Crippen LogP contribution in [0.25, 0.3) is 10.8 Å². The van der Waals surface area contributed by atoms with E-state index in [0.29, 0.717) is 6.04 Å². The van der Waals surface area contributed by atoms with Gasteiger partial charge in [0.05, 0.1) is 0 Å². The number of hydrogen-bond donors (Lipinski definition) is 1. The Labute approximate surface area is 117 Å². The van der Waals surface area contributed by atoms with Gasteiger partial charge < -0.3 is 9.73 Å². The van der Waals surface area contributed by atoms with Crippen LogP contribution in [0.1, 0.15) is 17.6 Å². The minimum absolute atomic E-state index is 0.578. The molecule has 0 spiro atoms. The molecule has 1 aliphatic rings. The van der Waals surface area contributed by atoms with E-state index >= 15 is 0 Å². The molecule has 1 aliphatic heterocycles. The van der Waals surface area contributed by atoms with E-state index < -0.39 is 0 Å². The van der Waals surface area contributed by atoms with Gasteiger partial charge in [0, 0.05) is 43.3 Å². The monoisotopic (exact) mass is 277 g/mol. The Bertz CT molecular complexity index is 548. The number of nitrogens with one attached hydrogen (secondary N) is 1. The molecule has 5 heteroatoms. The number of aryl methyl sites for hydroxylation is 1. The summed E-state index contributed by atoms with van der Waals surface area (Å²) in [5, 5.41) is 4.44. The van der Waals surface area contributed by atoms with Crippen LogP contribution in [-0.2, 0) is 6.54 Å². The second-order valence-corrected chi connectivity index (χ2v) is 6.25. The zero-order valence-electron chi connectivity index (χ0n) is 11.3. The third-order valence-electron chi connectivity index (χ3n) is 3.34. The molecule has 0 bridgehead atoms. The largest absolute Gasteiger partial charge is 0.459 e. The van der Waals surface area contributed by atoms with Gasteiger partial charge in [-0.25, -0.2) is 4.98 Å². The van der Waals surface area contributed by atoms with Crippen molar-refractivity contribution in [3.8, 4) is 10.8 Å². The summed E-state index contributed by atoms with van der Waals surface area (Å²) in [4.78, 5) is 8.25. The maximum Gasteiger partial charge on any atom is 0.162 e. The average Bonchev–Trinajstić information content (AvgIpc) is 2.98. The van der Waals surface area contributed by atoms with Gasteiger partial charge in [-0.05, 0) is 26.0 Å². The Morgan fingerprint density at radius 2 is 2.42 bits per heavy atom. The van der Waals surface area contributed by atoms with Crippen molar-refractivity contribution in [3.63, 3.8) is 0 Å². The molecule has 102 valence electrons. The zero-order chi connectivity index (χ0) is 13.2. The first kappa shape index (κ1) is 12.8. The van der Waals surface area contributed by atoms with Gasteiger partial charge in [-0.15, -0.1) is 11.3 Å². The molecule has 2 aromatic rings. The fourth-order valence-corrected chi connectivity index (χ4v) is 3.34. The molecule has 1 atom stereocenters. The lowest BCUT2D eigenvalue weighted by molar-refractivity contribution is 0.201. The maximum atomic E-state index is 5.61. The third-order valence-corrected chi connectivity index (χ3v) is 4.33. The van der Waals surface area contributed by atoms with Crippen LogP contribution >= 0.6 is 11.3 Å². The first-order valence-electron chi connectivity index (χ1n) is 6.68. The van der Waals surface area contributed by atoms with E-state index in [0.717, 1.165) is 42.7 Å². The summed E-state index contributed by atoms with van der Waals surface area (Å²) in [5.41, 5.74) is 0. The summed E-state index contributed by atoms with van der Waals surface area (Å²) in [6, 6.07) is 4.55. The Morgan fingerprint density at radius 1 is 1.53 bits per heavy atom. The van der Waals surface area contributed by atoms with E-state index in [1.165, 1.54) is 4.88 Å². The molecule has 1 fully saturated rings. The van der Waals surface area contributed by atoms with Crippen LogP contribution in [0.3, 0.4) is 0 Å². The molecule has 19 heavy (non-hydrogen) atoms. The smallest absolute Gasteiger partial charge is 0.162 e. The highest BCUT2D eigenvalue weighted by Crippen LogP contribution is 2.27. The van der Waals surface area contributed by atoms with Crippen molar-refractivity contribution in [3.05, 3.63) is 29.0 Å². The normalized spacial score (nSPS) is 20.8. The van der Waals surface area contributed by atoms with Crippen LogP contribution in [-0.4, -0.2) is 35.6 Å². The second kappa shape index (κ2) is 5.45. The van der Waals surface area contributed by atoms with Crippen molar-refractivity contribution in [1.29, 1.82) is 0 Å². The van der Waals surface area contributed by atoms with Crippen LogP contribution in [0.2, 0.25) is 0 Å². The Balaban J connectivity index is 1.68. The van der Waals surface area contributed by atoms with Gasteiger partial charge >= 0.3 is 0 Å². The molecule has 3 heterocycles. The first-order valence-corrected chi connectivity index (χ1v) is 7.49. The summed E-state index contributed by atoms with van der Waals surface area (Å²) in [6.45, 7) is 8.47. The van der Waals surface area contributed by atoms with Crippen molar-refractivity contribution >= 4 is 11.3 Å². The number of aromatic nitrogens is 1. The summed E-state index contributed by atoms with van der Waals surface area (Å²) in [5.74, 6) is 1.81. The highest BCUT2D eigenvalue weighted by Gasteiger charge is 2.17. The molecule has 0 radical (unpaired) electrons. The molecule has 3 rings (SSSR count). The van der Waals surface area contributed by atoms with Crippen LogP contribution < -0.4 is 5.32 Å². The highest BCUT2D eigenvalue weighted by molar-refractivity contribution is 7.14. The van der Waals surface area contributed by atoms with E-state index in [-0.39, 0.29) is 0 Å². The Hall–Kier alpha value is -1.17. The third kappa shape index (κ3) is 3.05. The summed E-state index contributed by atoms with van der Waals surface area (Å²) in [7, 11) is 0. The molecule has 4 nitrogen and oxygen atoms in total. The van der Waals surface area contributed by atoms with Gasteiger partial charge in [0.15, 0.2) is 10.8 Å². The van der Waals surface area contributed by atoms with Crippen molar-refractivity contribution in [2.75, 3.05) is 19.6 Å². The molecule has 0 saturated carbocycles. The van der Waals surface area contributed by atoms with Gasteiger partial charge in [-0.3, -0.25) is 4.90 Å². The molecule has 0 aromatic carbocycles. The fraction of sp³-hybridized carbons (Fsp3) is 0.500. The molecule has 1 N–H and O–H groups in total. The number of furan rings is 1. The number of piperazine rings is 1. The van der Waals surface area contributed by atoms with Gasteiger partial charge in [-0.1, -0.05) is 0 Å². The van der Waals surface area contributed by atoms with Gasteiger partial charge in [0.25, 0.3) is 0 Å². The van der Waals surface area contributed by atoms with Gasteiger partial charge in [-0.2, -0.15) is 0 Å². The Kier molecular flexibility index (Phi) is 3.68. The molecule has 2 aromatic heterocycles. The fourth-order valence-electron chi connectivity index (χ4n) is 2.42. The number of hydrogen-bond acceptors (Lipinski definition) is 5. The molecule has 1 saturated heterocycles. The molecule has 0 amide bonds. The number of thiazole rings is 1. The topological polar surface area (TPSA) is 41.3 Å². The van der Waals surface area contributed by atoms with Crippen molar-refractivity contribution in [2.24, 2.45) is 0 Å². The lowest BCUT2D eigenvalue weighted by Gasteiger charge is -2.31. The molecular formula is C14H19N3OS. The average molecular weight is 277 g/mol. The molecular weight excluding hydrogens is 258 g/mol. The van der Waals surface area contributed by atoms with E-state index in [1.807, 2.05) is 25.3 Å². The number of nitrogens with zero attached hydrogens (tertiary/aromatic N) is 2. The lowest BCUT2D eigenvalue weighted by Crippen LogP contribution is -2.48. The van der Waals surface area contributed by atoms with Crippen LogP contribution in [0.15, 0.2) is 22.7 Å². The standard InChI is InChI=1S/C14H19N3OS/c1-10-8-17(6-5-15-10)9-12-7-16-14(19-12)13-4-3-11(2)18-13/h3-4,7,10,15H,5-6,8-9H2,1-2H3. The Morgan fingerprint density at radius 3 is 3.16 bits per heavy atom. The minimum Gasteiger partial charge on any atom is -0.459 e. The van der Waals surface area contributed by atoms with E-state index in [4.69, 9.17) is 4.42 Å². The number of rotatable bonds is 3. The minimum atomic E-state index is 0.578. The summed E-state index contributed by atoms with van der Waals surface area (Å²) < 4.78 is 5.61. The van der Waals surface area contributed by atoms with Crippen molar-refractivity contribution in [2.45, 2.75) is 26.4 Å². The summed E-state index contributed by atoms with van der Waals surface area (Å²) >= 11 is 1.73. The summed E-state index contributed by atoms with van der Waals surface area (Å²) in [6.07, 6.45) is 1.98. The quantitative estimate of drug-likeness (QED) is 0.936. The van der Waals surface area contributed by atoms with Gasteiger partial charge in [0.1, 0.15) is 5.76 Å². The first-order chi connectivity index (χ1) is 9.20. The maximum absolute atomic E-state index is 5.61. The lowest BCUT2D eigenvalue weighted by atomic mass is 10.2. The van der Waals surface area contributed by atoms with Crippen LogP contribution in [0.4, 0.5) is 0 Å². The van der Waals surface area contributed by atoms with Crippen LogP contribution in [0.5, 0.6) is 0 Å². The molecule has 0 aliphatic carbocycles. The van der Waals surface area contributed by atoms with E-state index in [1.54, 1.807) is 11.3 Å². The SMILES string of the molecule is Cc1ccc(-c2ncc(CN3CCNC(C)C3)s2)o1. The predicted octanol–water partition coefficient (Wildman–Crippen LogP) is 2.51. The predicted molar refractivity (Wildman–Crippen MR) is 77.3 cm³/mol. The van der Waals surface area contributed by atoms with E-state index in [2.05, 4.69) is 22.1 Å². The van der Waals surface area contributed by atoms with Gasteiger partial charge in [0.2, 0.25) is 0 Å².